The SMILES string of the molecule is CCNC(CO)CN1CCC(COC)CC1. The van der Waals surface area contributed by atoms with Gasteiger partial charge in [-0.15, -0.1) is 0 Å². The van der Waals surface area contributed by atoms with Crippen molar-refractivity contribution in [2.24, 2.45) is 5.92 Å². The molecule has 1 saturated heterocycles. The summed E-state index contributed by atoms with van der Waals surface area (Å²) < 4.78 is 5.19. The molecule has 1 atom stereocenters. The molecule has 0 aromatic carbocycles. The van der Waals surface area contributed by atoms with Crippen molar-refractivity contribution in [2.45, 2.75) is 25.8 Å². The molecule has 1 heterocycles. The van der Waals surface area contributed by atoms with E-state index >= 15 is 0 Å². The lowest BCUT2D eigenvalue weighted by molar-refractivity contribution is 0.0898. The van der Waals surface area contributed by atoms with Gasteiger partial charge in [0.05, 0.1) is 6.61 Å². The molecular formula is C12H26N2O2. The summed E-state index contributed by atoms with van der Waals surface area (Å²) in [5.74, 6) is 0.730. The minimum Gasteiger partial charge on any atom is -0.395 e. The summed E-state index contributed by atoms with van der Waals surface area (Å²) in [6.07, 6.45) is 2.44. The number of likely N-dealkylation sites (N-methyl/N-ethyl adjacent to an activating group) is 1. The van der Waals surface area contributed by atoms with E-state index in [2.05, 4.69) is 17.1 Å². The molecule has 0 radical (unpaired) electrons. The van der Waals surface area contributed by atoms with Crippen LogP contribution >= 0.6 is 0 Å². The van der Waals surface area contributed by atoms with Crippen LogP contribution in [0.5, 0.6) is 0 Å². The zero-order valence-corrected chi connectivity index (χ0v) is 10.6. The van der Waals surface area contributed by atoms with E-state index in [1.165, 1.54) is 12.8 Å². The number of aliphatic hydroxyl groups excluding tert-OH is 1. The molecule has 4 heteroatoms. The van der Waals surface area contributed by atoms with Crippen LogP contribution in [0.1, 0.15) is 19.8 Å². The third-order valence-corrected chi connectivity index (χ3v) is 3.30. The van der Waals surface area contributed by atoms with Crippen LogP contribution in [0.3, 0.4) is 0 Å². The Hall–Kier alpha value is -0.160. The summed E-state index contributed by atoms with van der Waals surface area (Å²) in [7, 11) is 1.78. The van der Waals surface area contributed by atoms with Crippen LogP contribution in [0.25, 0.3) is 0 Å². The fourth-order valence-corrected chi connectivity index (χ4v) is 2.36. The van der Waals surface area contributed by atoms with Crippen LogP contribution in [-0.2, 0) is 4.74 Å². The van der Waals surface area contributed by atoms with Gasteiger partial charge in [-0.05, 0) is 38.4 Å². The molecule has 0 saturated carbocycles. The molecule has 1 rings (SSSR count). The third-order valence-electron chi connectivity index (χ3n) is 3.30. The van der Waals surface area contributed by atoms with Gasteiger partial charge in [-0.25, -0.2) is 0 Å². The molecule has 4 nitrogen and oxygen atoms in total. The highest BCUT2D eigenvalue weighted by atomic mass is 16.5. The van der Waals surface area contributed by atoms with Gasteiger partial charge in [-0.1, -0.05) is 6.92 Å². The zero-order chi connectivity index (χ0) is 11.8. The van der Waals surface area contributed by atoms with E-state index < -0.39 is 0 Å². The Labute approximate surface area is 99.0 Å². The number of hydrogen-bond donors (Lipinski definition) is 2. The van der Waals surface area contributed by atoms with E-state index in [0.29, 0.717) is 0 Å². The number of likely N-dealkylation sites (tertiary alicyclic amines) is 1. The maximum absolute atomic E-state index is 9.21. The zero-order valence-electron chi connectivity index (χ0n) is 10.6. The summed E-state index contributed by atoms with van der Waals surface area (Å²) >= 11 is 0. The number of ether oxygens (including phenoxy) is 1. The third kappa shape index (κ3) is 4.78. The molecule has 96 valence electrons. The predicted molar refractivity (Wildman–Crippen MR) is 65.6 cm³/mol. The van der Waals surface area contributed by atoms with Crippen molar-refractivity contribution in [1.82, 2.24) is 10.2 Å². The van der Waals surface area contributed by atoms with Gasteiger partial charge in [-0.2, -0.15) is 0 Å². The van der Waals surface area contributed by atoms with E-state index in [0.717, 1.165) is 38.7 Å². The second kappa shape index (κ2) is 8.01. The van der Waals surface area contributed by atoms with Gasteiger partial charge >= 0.3 is 0 Å². The van der Waals surface area contributed by atoms with E-state index in [1.54, 1.807) is 7.11 Å². The number of aliphatic hydroxyl groups is 1. The van der Waals surface area contributed by atoms with Crippen LogP contribution in [0.2, 0.25) is 0 Å². The summed E-state index contributed by atoms with van der Waals surface area (Å²) in [5, 5.41) is 12.5. The monoisotopic (exact) mass is 230 g/mol. The molecule has 1 fully saturated rings. The van der Waals surface area contributed by atoms with Crippen LogP contribution in [0.4, 0.5) is 0 Å². The normalized spacial score (nSPS) is 21.2. The number of methoxy groups -OCH3 is 1. The largest absolute Gasteiger partial charge is 0.395 e. The van der Waals surface area contributed by atoms with Crippen molar-refractivity contribution in [2.75, 3.05) is 46.5 Å². The van der Waals surface area contributed by atoms with Crippen molar-refractivity contribution in [3.05, 3.63) is 0 Å². The van der Waals surface area contributed by atoms with Gasteiger partial charge in [0.2, 0.25) is 0 Å². The predicted octanol–water partition coefficient (Wildman–Crippen LogP) is 0.315. The number of piperidine rings is 1. The fraction of sp³-hybridized carbons (Fsp3) is 1.00. The van der Waals surface area contributed by atoms with E-state index in [4.69, 9.17) is 4.74 Å². The number of rotatable bonds is 7. The van der Waals surface area contributed by atoms with Gasteiger partial charge in [-0.3, -0.25) is 0 Å². The highest BCUT2D eigenvalue weighted by Gasteiger charge is 2.20. The second-order valence-electron chi connectivity index (χ2n) is 4.64. The average Bonchev–Trinajstić information content (AvgIpc) is 2.31. The molecule has 0 aromatic heterocycles. The van der Waals surface area contributed by atoms with Gasteiger partial charge in [0.15, 0.2) is 0 Å². The van der Waals surface area contributed by atoms with Crippen LogP contribution in [0, 0.1) is 5.92 Å². The fourth-order valence-electron chi connectivity index (χ4n) is 2.36. The first-order valence-corrected chi connectivity index (χ1v) is 6.35. The molecule has 0 aromatic rings. The van der Waals surface area contributed by atoms with Crippen molar-refractivity contribution in [3.63, 3.8) is 0 Å². The first-order chi connectivity index (χ1) is 7.80. The first-order valence-electron chi connectivity index (χ1n) is 6.35. The van der Waals surface area contributed by atoms with Gasteiger partial charge < -0.3 is 20.1 Å². The molecule has 1 aliphatic heterocycles. The Morgan fingerprint density at radius 2 is 2.12 bits per heavy atom. The summed E-state index contributed by atoms with van der Waals surface area (Å²) in [6, 6.07) is 0.226. The van der Waals surface area contributed by atoms with Crippen LogP contribution in [-0.4, -0.2) is 62.6 Å². The highest BCUT2D eigenvalue weighted by Crippen LogP contribution is 2.17. The molecule has 1 aliphatic rings. The van der Waals surface area contributed by atoms with E-state index in [-0.39, 0.29) is 12.6 Å². The molecule has 0 amide bonds. The van der Waals surface area contributed by atoms with Crippen molar-refractivity contribution >= 4 is 0 Å². The Morgan fingerprint density at radius 3 is 2.62 bits per heavy atom. The lowest BCUT2D eigenvalue weighted by atomic mass is 9.97. The Morgan fingerprint density at radius 1 is 1.44 bits per heavy atom. The molecular weight excluding hydrogens is 204 g/mol. The van der Waals surface area contributed by atoms with E-state index in [1.807, 2.05) is 0 Å². The highest BCUT2D eigenvalue weighted by molar-refractivity contribution is 4.76. The molecule has 0 aliphatic carbocycles. The summed E-state index contributed by atoms with van der Waals surface area (Å²) in [5.41, 5.74) is 0. The standard InChI is InChI=1S/C12H26N2O2/c1-3-13-12(9-15)8-14-6-4-11(5-7-14)10-16-2/h11-13,15H,3-10H2,1-2H3. The Kier molecular flexibility index (Phi) is 6.96. The molecule has 16 heavy (non-hydrogen) atoms. The van der Waals surface area contributed by atoms with Crippen molar-refractivity contribution in [1.29, 1.82) is 0 Å². The smallest absolute Gasteiger partial charge is 0.0597 e. The van der Waals surface area contributed by atoms with Crippen LogP contribution < -0.4 is 5.32 Å². The molecule has 2 N–H and O–H groups in total. The lowest BCUT2D eigenvalue weighted by Gasteiger charge is -2.33. The average molecular weight is 230 g/mol. The van der Waals surface area contributed by atoms with Gasteiger partial charge in [0.25, 0.3) is 0 Å². The van der Waals surface area contributed by atoms with Crippen LogP contribution in [0.15, 0.2) is 0 Å². The Balaban J connectivity index is 2.20. The topological polar surface area (TPSA) is 44.7 Å². The molecule has 0 spiro atoms. The maximum atomic E-state index is 9.21. The first kappa shape index (κ1) is 13.9. The molecule has 1 unspecified atom stereocenters. The van der Waals surface area contributed by atoms with E-state index in [9.17, 15) is 5.11 Å². The minimum absolute atomic E-state index is 0.226. The van der Waals surface area contributed by atoms with Gasteiger partial charge in [0.1, 0.15) is 0 Å². The summed E-state index contributed by atoms with van der Waals surface area (Å²) in [6.45, 7) is 7.35. The second-order valence-corrected chi connectivity index (χ2v) is 4.64. The van der Waals surface area contributed by atoms with Gasteiger partial charge in [0, 0.05) is 26.3 Å². The minimum atomic E-state index is 0.226. The number of hydrogen-bond acceptors (Lipinski definition) is 4. The molecule has 0 bridgehead atoms. The van der Waals surface area contributed by atoms with Crippen molar-refractivity contribution in [3.8, 4) is 0 Å². The summed E-state index contributed by atoms with van der Waals surface area (Å²) in [4.78, 5) is 2.44. The number of nitrogens with one attached hydrogen (secondary N) is 1. The maximum Gasteiger partial charge on any atom is 0.0597 e. The number of nitrogens with zero attached hydrogens (tertiary/aromatic N) is 1. The quantitative estimate of drug-likeness (QED) is 0.661. The lowest BCUT2D eigenvalue weighted by Crippen LogP contribution is -2.46. The Bertz CT molecular complexity index is 170. The van der Waals surface area contributed by atoms with Crippen molar-refractivity contribution < 1.29 is 9.84 Å².